The lowest BCUT2D eigenvalue weighted by molar-refractivity contribution is 0.409. The van der Waals surface area contributed by atoms with Crippen molar-refractivity contribution < 1.29 is 8.78 Å². The zero-order valence-corrected chi connectivity index (χ0v) is 10.8. The van der Waals surface area contributed by atoms with Crippen molar-refractivity contribution in [1.82, 2.24) is 5.32 Å². The van der Waals surface area contributed by atoms with Crippen LogP contribution in [0.1, 0.15) is 32.3 Å². The highest BCUT2D eigenvalue weighted by molar-refractivity contribution is 5.18. The maximum Gasteiger partial charge on any atom is 0.126 e. The molecule has 2 unspecified atom stereocenters. The zero-order chi connectivity index (χ0) is 12.8. The minimum Gasteiger partial charge on any atom is -0.317 e. The van der Waals surface area contributed by atoms with Gasteiger partial charge in [0, 0.05) is 12.1 Å². The maximum atomic E-state index is 13.1. The minimum atomic E-state index is -0.501. The van der Waals surface area contributed by atoms with Crippen LogP contribution in [0.15, 0.2) is 18.2 Å². The Kier molecular flexibility index (Phi) is 5.56. The second-order valence-electron chi connectivity index (χ2n) is 4.72. The number of likely N-dealkylation sites (N-methyl/N-ethyl adjacent to an activating group) is 1. The molecule has 0 radical (unpaired) electrons. The molecule has 1 rings (SSSR count). The largest absolute Gasteiger partial charge is 0.317 e. The highest BCUT2D eigenvalue weighted by Gasteiger charge is 2.12. The Balaban J connectivity index is 2.66. The molecule has 0 bridgehead atoms. The third-order valence-electron chi connectivity index (χ3n) is 3.20. The summed E-state index contributed by atoms with van der Waals surface area (Å²) in [4.78, 5) is 0. The molecule has 3 heteroatoms. The summed E-state index contributed by atoms with van der Waals surface area (Å²) in [5, 5.41) is 3.21. The van der Waals surface area contributed by atoms with E-state index in [-0.39, 0.29) is 6.04 Å². The first-order valence-corrected chi connectivity index (χ1v) is 6.17. The summed E-state index contributed by atoms with van der Waals surface area (Å²) in [6, 6.07) is 3.99. The molecule has 1 N–H and O–H groups in total. The van der Waals surface area contributed by atoms with Crippen LogP contribution in [0.3, 0.4) is 0 Å². The van der Waals surface area contributed by atoms with Crippen molar-refractivity contribution in [2.75, 3.05) is 7.05 Å². The van der Waals surface area contributed by atoms with Crippen LogP contribution < -0.4 is 5.32 Å². The summed E-state index contributed by atoms with van der Waals surface area (Å²) in [6.07, 6.45) is 2.80. The Hall–Kier alpha value is -0.960. The van der Waals surface area contributed by atoms with Gasteiger partial charge >= 0.3 is 0 Å². The Morgan fingerprint density at radius 2 is 1.76 bits per heavy atom. The summed E-state index contributed by atoms with van der Waals surface area (Å²) >= 11 is 0. The van der Waals surface area contributed by atoms with E-state index in [9.17, 15) is 8.78 Å². The minimum absolute atomic E-state index is 0.270. The number of benzene rings is 1. The lowest BCUT2D eigenvalue weighted by Gasteiger charge is -2.19. The molecule has 17 heavy (non-hydrogen) atoms. The fourth-order valence-corrected chi connectivity index (χ4v) is 1.97. The van der Waals surface area contributed by atoms with E-state index in [1.165, 1.54) is 12.1 Å². The van der Waals surface area contributed by atoms with Gasteiger partial charge in [-0.1, -0.05) is 20.3 Å². The van der Waals surface area contributed by atoms with Crippen LogP contribution in [0.4, 0.5) is 8.78 Å². The number of halogens is 2. The van der Waals surface area contributed by atoms with Gasteiger partial charge in [0.2, 0.25) is 0 Å². The fourth-order valence-electron chi connectivity index (χ4n) is 1.97. The summed E-state index contributed by atoms with van der Waals surface area (Å²) in [7, 11) is 1.89. The van der Waals surface area contributed by atoms with Crippen LogP contribution in [-0.4, -0.2) is 13.1 Å². The molecule has 0 heterocycles. The molecule has 1 aromatic carbocycles. The standard InChI is InChI=1S/C14H21F2N/c1-4-10(2)5-14(17-3)8-11-6-12(15)9-13(16)7-11/h6-7,9-10,14,17H,4-5,8H2,1-3H3. The molecule has 0 fully saturated rings. The summed E-state index contributed by atoms with van der Waals surface area (Å²) in [6.45, 7) is 4.34. The van der Waals surface area contributed by atoms with Crippen molar-refractivity contribution in [2.45, 2.75) is 39.2 Å². The van der Waals surface area contributed by atoms with E-state index in [4.69, 9.17) is 0 Å². The molecule has 0 aliphatic carbocycles. The van der Waals surface area contributed by atoms with Crippen molar-refractivity contribution in [3.05, 3.63) is 35.4 Å². The normalized spacial score (nSPS) is 14.6. The number of nitrogens with one attached hydrogen (secondary N) is 1. The predicted octanol–water partition coefficient (Wildman–Crippen LogP) is 3.53. The molecule has 0 aromatic heterocycles. The molecule has 96 valence electrons. The number of hydrogen-bond donors (Lipinski definition) is 1. The lowest BCUT2D eigenvalue weighted by atomic mass is 9.94. The summed E-state index contributed by atoms with van der Waals surface area (Å²) in [5.41, 5.74) is 0.713. The van der Waals surface area contributed by atoms with Crippen LogP contribution >= 0.6 is 0 Å². The molecule has 1 aromatic rings. The van der Waals surface area contributed by atoms with Gasteiger partial charge in [-0.05, 0) is 43.5 Å². The first kappa shape index (κ1) is 14.1. The van der Waals surface area contributed by atoms with Gasteiger partial charge < -0.3 is 5.32 Å². The van der Waals surface area contributed by atoms with Gasteiger partial charge in [-0.15, -0.1) is 0 Å². The lowest BCUT2D eigenvalue weighted by Crippen LogP contribution is -2.29. The third-order valence-corrected chi connectivity index (χ3v) is 3.20. The van der Waals surface area contributed by atoms with Gasteiger partial charge in [0.1, 0.15) is 11.6 Å². The van der Waals surface area contributed by atoms with Gasteiger partial charge in [-0.3, -0.25) is 0 Å². The van der Waals surface area contributed by atoms with Crippen molar-refractivity contribution in [2.24, 2.45) is 5.92 Å². The van der Waals surface area contributed by atoms with Gasteiger partial charge in [0.25, 0.3) is 0 Å². The molecule has 1 nitrogen and oxygen atoms in total. The van der Waals surface area contributed by atoms with E-state index in [2.05, 4.69) is 19.2 Å². The van der Waals surface area contributed by atoms with Gasteiger partial charge in [-0.2, -0.15) is 0 Å². The smallest absolute Gasteiger partial charge is 0.126 e. The van der Waals surface area contributed by atoms with E-state index in [0.717, 1.165) is 18.9 Å². The van der Waals surface area contributed by atoms with Crippen LogP contribution in [0, 0.1) is 17.6 Å². The van der Waals surface area contributed by atoms with Crippen molar-refractivity contribution >= 4 is 0 Å². The molecule has 0 spiro atoms. The van der Waals surface area contributed by atoms with E-state index in [0.29, 0.717) is 17.9 Å². The van der Waals surface area contributed by atoms with Crippen LogP contribution in [0.2, 0.25) is 0 Å². The Labute approximate surface area is 102 Å². The highest BCUT2D eigenvalue weighted by atomic mass is 19.1. The third kappa shape index (κ3) is 4.82. The SMILES string of the molecule is CCC(C)CC(Cc1cc(F)cc(F)c1)NC. The van der Waals surface area contributed by atoms with Crippen LogP contribution in [0.25, 0.3) is 0 Å². The molecule has 0 saturated carbocycles. The van der Waals surface area contributed by atoms with Gasteiger partial charge in [0.15, 0.2) is 0 Å². The molecule has 0 aliphatic heterocycles. The van der Waals surface area contributed by atoms with Crippen molar-refractivity contribution in [1.29, 1.82) is 0 Å². The average Bonchev–Trinajstić information content (AvgIpc) is 2.26. The molecule has 0 saturated heterocycles. The van der Waals surface area contributed by atoms with E-state index in [1.54, 1.807) is 0 Å². The molecular formula is C14H21F2N. The summed E-state index contributed by atoms with van der Waals surface area (Å²) in [5.74, 6) is -0.386. The van der Waals surface area contributed by atoms with Crippen LogP contribution in [0.5, 0.6) is 0 Å². The van der Waals surface area contributed by atoms with Gasteiger partial charge in [0.05, 0.1) is 0 Å². The average molecular weight is 241 g/mol. The number of rotatable bonds is 6. The van der Waals surface area contributed by atoms with Crippen molar-refractivity contribution in [3.63, 3.8) is 0 Å². The number of hydrogen-bond acceptors (Lipinski definition) is 1. The Morgan fingerprint density at radius 3 is 2.24 bits per heavy atom. The molecule has 0 amide bonds. The topological polar surface area (TPSA) is 12.0 Å². The maximum absolute atomic E-state index is 13.1. The second kappa shape index (κ2) is 6.70. The van der Waals surface area contributed by atoms with E-state index < -0.39 is 11.6 Å². The first-order valence-electron chi connectivity index (χ1n) is 6.17. The summed E-state index contributed by atoms with van der Waals surface area (Å²) < 4.78 is 26.1. The Morgan fingerprint density at radius 1 is 1.18 bits per heavy atom. The van der Waals surface area contributed by atoms with E-state index in [1.807, 2.05) is 7.05 Å². The fraction of sp³-hybridized carbons (Fsp3) is 0.571. The molecule has 0 aliphatic rings. The van der Waals surface area contributed by atoms with Gasteiger partial charge in [-0.25, -0.2) is 8.78 Å². The zero-order valence-electron chi connectivity index (χ0n) is 10.8. The molecular weight excluding hydrogens is 220 g/mol. The highest BCUT2D eigenvalue weighted by Crippen LogP contribution is 2.15. The predicted molar refractivity (Wildman–Crippen MR) is 67.0 cm³/mol. The van der Waals surface area contributed by atoms with Crippen LogP contribution in [-0.2, 0) is 6.42 Å². The van der Waals surface area contributed by atoms with Crippen molar-refractivity contribution in [3.8, 4) is 0 Å². The van der Waals surface area contributed by atoms with E-state index >= 15 is 0 Å². The monoisotopic (exact) mass is 241 g/mol. The Bertz CT molecular complexity index is 332. The quantitative estimate of drug-likeness (QED) is 0.803. The molecule has 2 atom stereocenters. The first-order chi connectivity index (χ1) is 8.05. The second-order valence-corrected chi connectivity index (χ2v) is 4.72.